The number of rotatable bonds is 4. The molecular formula is C14H20O3. The van der Waals surface area contributed by atoms with Crippen molar-refractivity contribution in [2.24, 2.45) is 0 Å². The summed E-state index contributed by atoms with van der Waals surface area (Å²) in [6.07, 6.45) is 0. The van der Waals surface area contributed by atoms with E-state index < -0.39 is 11.6 Å². The average molecular weight is 236 g/mol. The highest BCUT2D eigenvalue weighted by Crippen LogP contribution is 2.32. The van der Waals surface area contributed by atoms with Crippen molar-refractivity contribution in [2.45, 2.75) is 40.2 Å². The van der Waals surface area contributed by atoms with Gasteiger partial charge in [-0.1, -0.05) is 17.7 Å². The van der Waals surface area contributed by atoms with Crippen LogP contribution in [0, 0.1) is 20.8 Å². The lowest BCUT2D eigenvalue weighted by Crippen LogP contribution is -2.37. The van der Waals surface area contributed by atoms with Crippen LogP contribution in [0.1, 0.15) is 36.1 Å². The van der Waals surface area contributed by atoms with Gasteiger partial charge in [-0.05, 0) is 45.7 Å². The SMILES string of the molecule is CCOC(C)(C(=O)O)c1c(C)cc(C)cc1C. The van der Waals surface area contributed by atoms with Crippen molar-refractivity contribution < 1.29 is 14.6 Å². The summed E-state index contributed by atoms with van der Waals surface area (Å²) in [7, 11) is 0. The second-order valence-electron chi connectivity index (χ2n) is 4.55. The summed E-state index contributed by atoms with van der Waals surface area (Å²) in [6.45, 7) is 9.65. The number of benzene rings is 1. The van der Waals surface area contributed by atoms with Gasteiger partial charge >= 0.3 is 5.97 Å². The second kappa shape index (κ2) is 4.88. The number of aryl methyl sites for hydroxylation is 3. The normalized spacial score (nSPS) is 14.4. The van der Waals surface area contributed by atoms with E-state index in [1.54, 1.807) is 13.8 Å². The lowest BCUT2D eigenvalue weighted by molar-refractivity contribution is -0.164. The number of carboxylic acids is 1. The van der Waals surface area contributed by atoms with Gasteiger partial charge < -0.3 is 9.84 Å². The van der Waals surface area contributed by atoms with Crippen LogP contribution < -0.4 is 0 Å². The smallest absolute Gasteiger partial charge is 0.340 e. The maximum atomic E-state index is 11.5. The summed E-state index contributed by atoms with van der Waals surface area (Å²) in [4.78, 5) is 11.5. The van der Waals surface area contributed by atoms with Crippen LogP contribution in [0.3, 0.4) is 0 Å². The lowest BCUT2D eigenvalue weighted by Gasteiger charge is -2.29. The molecule has 0 aliphatic heterocycles. The first-order valence-corrected chi connectivity index (χ1v) is 5.78. The Hall–Kier alpha value is -1.35. The fourth-order valence-electron chi connectivity index (χ4n) is 2.46. The van der Waals surface area contributed by atoms with E-state index in [2.05, 4.69) is 0 Å². The fourth-order valence-corrected chi connectivity index (χ4v) is 2.46. The number of ether oxygens (including phenoxy) is 1. The van der Waals surface area contributed by atoms with Gasteiger partial charge in [-0.15, -0.1) is 0 Å². The van der Waals surface area contributed by atoms with E-state index >= 15 is 0 Å². The number of hydrogen-bond acceptors (Lipinski definition) is 2. The molecule has 0 heterocycles. The van der Waals surface area contributed by atoms with Gasteiger partial charge in [0.05, 0.1) is 0 Å². The van der Waals surface area contributed by atoms with Gasteiger partial charge in [0, 0.05) is 12.2 Å². The molecule has 0 spiro atoms. The Morgan fingerprint density at radius 3 is 2.12 bits per heavy atom. The Kier molecular flexibility index (Phi) is 3.94. The van der Waals surface area contributed by atoms with Gasteiger partial charge in [0.15, 0.2) is 5.60 Å². The third kappa shape index (κ3) is 2.50. The van der Waals surface area contributed by atoms with Gasteiger partial charge in [-0.25, -0.2) is 4.79 Å². The summed E-state index contributed by atoms with van der Waals surface area (Å²) in [5.41, 5.74) is 2.54. The quantitative estimate of drug-likeness (QED) is 0.874. The average Bonchev–Trinajstić information content (AvgIpc) is 2.15. The fraction of sp³-hybridized carbons (Fsp3) is 0.500. The number of carboxylic acid groups (broad SMARTS) is 1. The van der Waals surface area contributed by atoms with E-state index in [0.717, 1.165) is 22.3 Å². The molecule has 3 nitrogen and oxygen atoms in total. The second-order valence-corrected chi connectivity index (χ2v) is 4.55. The van der Waals surface area contributed by atoms with Crippen molar-refractivity contribution in [3.05, 3.63) is 34.4 Å². The molecule has 0 amide bonds. The maximum absolute atomic E-state index is 11.5. The Morgan fingerprint density at radius 1 is 1.29 bits per heavy atom. The van der Waals surface area contributed by atoms with Gasteiger partial charge in [0.1, 0.15) is 0 Å². The van der Waals surface area contributed by atoms with Gasteiger partial charge in [-0.3, -0.25) is 0 Å². The summed E-state index contributed by atoms with van der Waals surface area (Å²) < 4.78 is 5.48. The number of hydrogen-bond donors (Lipinski definition) is 1. The van der Waals surface area contributed by atoms with E-state index in [0.29, 0.717) is 6.61 Å². The molecule has 1 unspecified atom stereocenters. The van der Waals surface area contributed by atoms with E-state index in [1.807, 2.05) is 32.9 Å². The Labute approximate surface area is 102 Å². The molecule has 1 aromatic carbocycles. The molecule has 1 N–H and O–H groups in total. The molecule has 0 saturated heterocycles. The van der Waals surface area contributed by atoms with Crippen molar-refractivity contribution in [1.29, 1.82) is 0 Å². The van der Waals surface area contributed by atoms with Gasteiger partial charge in [0.2, 0.25) is 0 Å². The van der Waals surface area contributed by atoms with E-state index in [1.165, 1.54) is 0 Å². The van der Waals surface area contributed by atoms with Crippen LogP contribution in [-0.4, -0.2) is 17.7 Å². The molecule has 0 aromatic heterocycles. The standard InChI is InChI=1S/C14H20O3/c1-6-17-14(5,13(15)16)12-10(3)7-9(2)8-11(12)4/h7-8H,6H2,1-5H3,(H,15,16). The molecule has 3 heteroatoms. The Morgan fingerprint density at radius 2 is 1.76 bits per heavy atom. The van der Waals surface area contributed by atoms with Crippen LogP contribution in [0.5, 0.6) is 0 Å². The van der Waals surface area contributed by atoms with E-state index in [-0.39, 0.29) is 0 Å². The minimum Gasteiger partial charge on any atom is -0.479 e. The first-order chi connectivity index (χ1) is 7.82. The molecule has 0 fully saturated rings. The van der Waals surface area contributed by atoms with Crippen molar-refractivity contribution in [3.63, 3.8) is 0 Å². The van der Waals surface area contributed by atoms with E-state index in [9.17, 15) is 9.90 Å². The van der Waals surface area contributed by atoms with Crippen LogP contribution in [0.4, 0.5) is 0 Å². The number of carbonyl (C=O) groups is 1. The molecule has 17 heavy (non-hydrogen) atoms. The monoisotopic (exact) mass is 236 g/mol. The molecule has 0 bridgehead atoms. The van der Waals surface area contributed by atoms with E-state index in [4.69, 9.17) is 4.74 Å². The van der Waals surface area contributed by atoms with Crippen LogP contribution in [-0.2, 0) is 15.1 Å². The highest BCUT2D eigenvalue weighted by atomic mass is 16.5. The first-order valence-electron chi connectivity index (χ1n) is 5.78. The largest absolute Gasteiger partial charge is 0.479 e. The number of aliphatic carboxylic acids is 1. The minimum absolute atomic E-state index is 0.371. The summed E-state index contributed by atoms with van der Waals surface area (Å²) >= 11 is 0. The molecule has 1 aromatic rings. The lowest BCUT2D eigenvalue weighted by atomic mass is 9.87. The highest BCUT2D eigenvalue weighted by Gasteiger charge is 2.38. The molecular weight excluding hydrogens is 216 g/mol. The topological polar surface area (TPSA) is 46.5 Å². The molecule has 0 radical (unpaired) electrons. The zero-order valence-electron chi connectivity index (χ0n) is 11.1. The molecule has 94 valence electrons. The molecule has 1 rings (SSSR count). The Bertz CT molecular complexity index is 414. The predicted molar refractivity (Wildman–Crippen MR) is 67.3 cm³/mol. The highest BCUT2D eigenvalue weighted by molar-refractivity contribution is 5.80. The molecule has 0 saturated carbocycles. The minimum atomic E-state index is -1.27. The molecule has 0 aliphatic carbocycles. The van der Waals surface area contributed by atoms with Crippen molar-refractivity contribution in [1.82, 2.24) is 0 Å². The van der Waals surface area contributed by atoms with Gasteiger partial charge in [-0.2, -0.15) is 0 Å². The summed E-state index contributed by atoms with van der Waals surface area (Å²) in [5.74, 6) is -0.950. The summed E-state index contributed by atoms with van der Waals surface area (Å²) in [5, 5.41) is 9.41. The van der Waals surface area contributed by atoms with Crippen molar-refractivity contribution in [3.8, 4) is 0 Å². The maximum Gasteiger partial charge on any atom is 0.340 e. The Balaban J connectivity index is 3.43. The molecule has 0 aliphatic rings. The van der Waals surface area contributed by atoms with Gasteiger partial charge in [0.25, 0.3) is 0 Å². The summed E-state index contributed by atoms with van der Waals surface area (Å²) in [6, 6.07) is 3.98. The van der Waals surface area contributed by atoms with Crippen LogP contribution >= 0.6 is 0 Å². The van der Waals surface area contributed by atoms with Crippen LogP contribution in [0.2, 0.25) is 0 Å². The zero-order valence-corrected chi connectivity index (χ0v) is 11.1. The van der Waals surface area contributed by atoms with Crippen LogP contribution in [0.25, 0.3) is 0 Å². The predicted octanol–water partition coefficient (Wildman–Crippen LogP) is 2.95. The van der Waals surface area contributed by atoms with Crippen molar-refractivity contribution in [2.75, 3.05) is 6.61 Å². The third-order valence-corrected chi connectivity index (χ3v) is 3.00. The van der Waals surface area contributed by atoms with Crippen LogP contribution in [0.15, 0.2) is 12.1 Å². The zero-order chi connectivity index (χ0) is 13.2. The first kappa shape index (κ1) is 13.7. The third-order valence-electron chi connectivity index (χ3n) is 3.00. The molecule has 1 atom stereocenters. The van der Waals surface area contributed by atoms with Crippen molar-refractivity contribution >= 4 is 5.97 Å².